The highest BCUT2D eigenvalue weighted by molar-refractivity contribution is 7.96. The van der Waals surface area contributed by atoms with Gasteiger partial charge in [-0.25, -0.2) is 4.52 Å². The van der Waals surface area contributed by atoms with Crippen molar-refractivity contribution >= 4 is 16.5 Å². The fourth-order valence-corrected chi connectivity index (χ4v) is 3.51. The van der Waals surface area contributed by atoms with Crippen LogP contribution in [-0.4, -0.2) is 20.9 Å². The average Bonchev–Trinajstić information content (AvgIpc) is 2.87. The van der Waals surface area contributed by atoms with Crippen LogP contribution in [0.4, 0.5) is 0 Å². The Morgan fingerprint density at radius 1 is 1.25 bits per heavy atom. The smallest absolute Gasteiger partial charge is 0.306 e. The molecule has 2 heterocycles. The molecule has 0 saturated carbocycles. The number of aromatic nitrogens is 3. The molecule has 0 aliphatic carbocycles. The van der Waals surface area contributed by atoms with E-state index >= 15 is 0 Å². The van der Waals surface area contributed by atoms with Crippen molar-refractivity contribution in [1.82, 2.24) is 14.6 Å². The van der Waals surface area contributed by atoms with Gasteiger partial charge in [0.05, 0.1) is 23.0 Å². The number of aromatic amines is 1. The van der Waals surface area contributed by atoms with Gasteiger partial charge in [-0.1, -0.05) is 17.7 Å². The molecule has 102 valence electrons. The second-order valence-corrected chi connectivity index (χ2v) is 6.44. The third-order valence-electron chi connectivity index (χ3n) is 3.16. The Kier molecular flexibility index (Phi) is 3.02. The maximum atomic E-state index is 12.4. The molecule has 0 amide bonds. The van der Waals surface area contributed by atoms with Gasteiger partial charge in [0.1, 0.15) is 11.9 Å². The van der Waals surface area contributed by atoms with E-state index in [2.05, 4.69) is 10.1 Å². The van der Waals surface area contributed by atoms with E-state index in [0.29, 0.717) is 5.65 Å². The Labute approximate surface area is 118 Å². The highest BCUT2D eigenvalue weighted by atomic mass is 32.2. The summed E-state index contributed by atoms with van der Waals surface area (Å²) in [7, 11) is -0.585. The summed E-state index contributed by atoms with van der Waals surface area (Å²) in [5.74, 6) is -0.347. The Balaban J connectivity index is 2.18. The first-order valence-corrected chi connectivity index (χ1v) is 7.71. The van der Waals surface area contributed by atoms with E-state index in [1.807, 2.05) is 37.4 Å². The summed E-state index contributed by atoms with van der Waals surface area (Å²) in [6, 6.07) is 9.45. The molecule has 0 aliphatic heterocycles. The first kappa shape index (κ1) is 12.8. The molecule has 5 nitrogen and oxygen atoms in total. The summed E-state index contributed by atoms with van der Waals surface area (Å²) in [6.45, 7) is 2.00. The van der Waals surface area contributed by atoms with Crippen molar-refractivity contribution in [3.05, 3.63) is 52.4 Å². The number of fused-ring (bicyclic) bond motifs is 1. The number of nitrogens with zero attached hydrogens (tertiary/aromatic N) is 2. The third-order valence-corrected chi connectivity index (χ3v) is 5.11. The predicted octanol–water partition coefficient (Wildman–Crippen LogP) is 1.07. The zero-order chi connectivity index (χ0) is 14.3. The second kappa shape index (κ2) is 4.72. The van der Waals surface area contributed by atoms with Crippen LogP contribution in [0.1, 0.15) is 5.56 Å². The number of hydrogen-bond acceptors (Lipinski definition) is 3. The maximum Gasteiger partial charge on any atom is 0.306 e. The topological polar surface area (TPSA) is 73.2 Å². The molecule has 2 aromatic heterocycles. The van der Waals surface area contributed by atoms with Gasteiger partial charge in [0.25, 0.3) is 0 Å². The van der Waals surface area contributed by atoms with Crippen molar-refractivity contribution in [2.45, 2.75) is 16.7 Å². The quantitative estimate of drug-likeness (QED) is 0.717. The highest BCUT2D eigenvalue weighted by Crippen LogP contribution is 2.24. The maximum absolute atomic E-state index is 12.4. The molecular weight excluding hydrogens is 274 g/mol. The Hall–Kier alpha value is -2.21. The van der Waals surface area contributed by atoms with Gasteiger partial charge in [-0.15, -0.1) is 0 Å². The molecule has 6 heteroatoms. The number of H-pyrrole nitrogens is 1. The molecular formula is C14H13N3O2S. The lowest BCUT2D eigenvalue weighted by atomic mass is 10.2. The number of rotatable bonds is 2. The Bertz CT molecular complexity index is 821. The van der Waals surface area contributed by atoms with E-state index in [0.717, 1.165) is 10.5 Å². The summed E-state index contributed by atoms with van der Waals surface area (Å²) >= 11 is 0. The summed E-state index contributed by atoms with van der Waals surface area (Å²) in [4.78, 5) is 16.0. The fourth-order valence-electron chi connectivity index (χ4n) is 2.06. The minimum atomic E-state index is -0.585. The van der Waals surface area contributed by atoms with Crippen molar-refractivity contribution in [3.63, 3.8) is 0 Å². The third kappa shape index (κ3) is 1.98. The van der Waals surface area contributed by atoms with Crippen LogP contribution in [0.25, 0.3) is 5.65 Å². The first-order chi connectivity index (χ1) is 9.58. The van der Waals surface area contributed by atoms with Gasteiger partial charge < -0.3 is 10.1 Å². The number of hydrogen-bond donors (Lipinski definition) is 1. The standard InChI is InChI=1S/C14H13N3O2S/c1-9-3-5-10(6-4-9)20(2)12-13(18)16-11-7-8-15-17(11)14(12)19/h3-8H,1-2H3,(H-,15,16,18,19). The van der Waals surface area contributed by atoms with E-state index < -0.39 is 10.9 Å². The molecule has 1 aromatic carbocycles. The van der Waals surface area contributed by atoms with Gasteiger partial charge >= 0.3 is 5.56 Å². The van der Waals surface area contributed by atoms with Crippen LogP contribution in [0.15, 0.2) is 51.1 Å². The van der Waals surface area contributed by atoms with Gasteiger partial charge in [-0.2, -0.15) is 5.10 Å². The van der Waals surface area contributed by atoms with Gasteiger partial charge in [0.15, 0.2) is 4.90 Å². The summed E-state index contributed by atoms with van der Waals surface area (Å²) in [6.07, 6.45) is 3.38. The molecule has 0 bridgehead atoms. The van der Waals surface area contributed by atoms with Crippen LogP contribution in [0, 0.1) is 6.92 Å². The summed E-state index contributed by atoms with van der Waals surface area (Å²) < 4.78 is 1.23. The Morgan fingerprint density at radius 3 is 2.65 bits per heavy atom. The van der Waals surface area contributed by atoms with Gasteiger partial charge in [0.2, 0.25) is 4.90 Å². The Morgan fingerprint density at radius 2 is 1.95 bits per heavy atom. The molecule has 1 atom stereocenters. The minimum absolute atomic E-state index is 0.241. The average molecular weight is 287 g/mol. The number of aryl methyl sites for hydroxylation is 1. The normalized spacial score (nSPS) is 12.7. The lowest BCUT2D eigenvalue weighted by molar-refractivity contribution is -0.282. The van der Waals surface area contributed by atoms with Crippen LogP contribution in [0.3, 0.4) is 0 Å². The van der Waals surface area contributed by atoms with Crippen molar-refractivity contribution in [2.75, 3.05) is 6.26 Å². The summed E-state index contributed by atoms with van der Waals surface area (Å²) in [5, 5.41) is 16.3. The lowest BCUT2D eigenvalue weighted by Crippen LogP contribution is -2.23. The first-order valence-electron chi connectivity index (χ1n) is 6.07. The van der Waals surface area contributed by atoms with Crippen molar-refractivity contribution < 1.29 is 5.11 Å². The predicted molar refractivity (Wildman–Crippen MR) is 76.3 cm³/mol. The van der Waals surface area contributed by atoms with Crippen molar-refractivity contribution in [2.24, 2.45) is 0 Å². The largest absolute Gasteiger partial charge is 0.855 e. The van der Waals surface area contributed by atoms with Crippen LogP contribution in [0.5, 0.6) is 5.88 Å². The van der Waals surface area contributed by atoms with Crippen LogP contribution >= 0.6 is 0 Å². The fraction of sp³-hybridized carbons (Fsp3) is 0.143. The van der Waals surface area contributed by atoms with E-state index in [1.165, 1.54) is 10.7 Å². The van der Waals surface area contributed by atoms with Gasteiger partial charge in [0, 0.05) is 6.07 Å². The molecule has 0 saturated heterocycles. The van der Waals surface area contributed by atoms with E-state index in [1.54, 1.807) is 6.07 Å². The highest BCUT2D eigenvalue weighted by Gasteiger charge is 2.25. The van der Waals surface area contributed by atoms with Crippen LogP contribution in [0.2, 0.25) is 0 Å². The van der Waals surface area contributed by atoms with Gasteiger partial charge in [-0.3, -0.25) is 4.79 Å². The lowest BCUT2D eigenvalue weighted by Gasteiger charge is -2.12. The molecule has 20 heavy (non-hydrogen) atoms. The molecule has 0 spiro atoms. The second-order valence-electron chi connectivity index (χ2n) is 4.54. The van der Waals surface area contributed by atoms with E-state index in [9.17, 15) is 9.90 Å². The molecule has 1 N–H and O–H groups in total. The molecule has 0 radical (unpaired) electrons. The van der Waals surface area contributed by atoms with E-state index in [4.69, 9.17) is 0 Å². The molecule has 0 aliphatic rings. The van der Waals surface area contributed by atoms with Crippen LogP contribution < -0.4 is 10.7 Å². The van der Waals surface area contributed by atoms with Crippen LogP contribution in [-0.2, 0) is 10.9 Å². The SMILES string of the molecule is Cc1ccc([S+](C)c2c([O-])n3nccc3[nH]c2=O)cc1. The monoisotopic (exact) mass is 287 g/mol. The molecule has 1 unspecified atom stereocenters. The number of nitrogens with one attached hydrogen (secondary N) is 1. The van der Waals surface area contributed by atoms with Crippen molar-refractivity contribution in [3.8, 4) is 5.88 Å². The van der Waals surface area contributed by atoms with Crippen molar-refractivity contribution in [1.29, 1.82) is 0 Å². The molecule has 3 aromatic rings. The zero-order valence-corrected chi connectivity index (χ0v) is 11.9. The molecule has 3 rings (SSSR count). The minimum Gasteiger partial charge on any atom is -0.855 e. The van der Waals surface area contributed by atoms with Gasteiger partial charge in [-0.05, 0) is 19.1 Å². The summed E-state index contributed by atoms with van der Waals surface area (Å²) in [5.41, 5.74) is 1.23. The number of benzene rings is 1. The van der Waals surface area contributed by atoms with E-state index in [-0.39, 0.29) is 16.3 Å². The zero-order valence-electron chi connectivity index (χ0n) is 11.1. The molecule has 0 fully saturated rings.